The van der Waals surface area contributed by atoms with E-state index in [1.54, 1.807) is 13.8 Å². The van der Waals surface area contributed by atoms with Gasteiger partial charge in [-0.15, -0.1) is 0 Å². The molecule has 118 valence electrons. The highest BCUT2D eigenvalue weighted by atomic mass is 16.1. The molecule has 0 aliphatic heterocycles. The first kappa shape index (κ1) is 17.2. The monoisotopic (exact) mass is 293 g/mol. The van der Waals surface area contributed by atoms with E-state index in [0.29, 0.717) is 11.6 Å². The lowest BCUT2D eigenvalue weighted by molar-refractivity contribution is -0.121. The van der Waals surface area contributed by atoms with Gasteiger partial charge in [0, 0.05) is 17.5 Å². The van der Waals surface area contributed by atoms with Crippen molar-refractivity contribution in [1.82, 2.24) is 9.97 Å². The van der Waals surface area contributed by atoms with Crippen molar-refractivity contribution in [2.75, 3.05) is 17.2 Å². The molecule has 0 fully saturated rings. The van der Waals surface area contributed by atoms with E-state index in [9.17, 15) is 4.79 Å². The third kappa shape index (κ3) is 4.06. The van der Waals surface area contributed by atoms with Crippen molar-refractivity contribution in [2.24, 2.45) is 5.73 Å². The van der Waals surface area contributed by atoms with Crippen molar-refractivity contribution in [1.29, 1.82) is 0 Å². The standard InChI is InChI=1S/C15H27N5O/c1-8-17-10-9(2)11(20-15(6,7)12(16)21)19-13(18-10)14(3,4)5/h8H2,1-7H3,(H2,16,21)(H2,17,18,19,20). The van der Waals surface area contributed by atoms with Crippen LogP contribution in [0, 0.1) is 6.92 Å². The Kier molecular flexibility index (Phi) is 4.81. The lowest BCUT2D eigenvalue weighted by Crippen LogP contribution is -2.45. The number of hydrogen-bond acceptors (Lipinski definition) is 5. The zero-order valence-corrected chi connectivity index (χ0v) is 14.1. The lowest BCUT2D eigenvalue weighted by atomic mass is 9.95. The van der Waals surface area contributed by atoms with Gasteiger partial charge in [-0.25, -0.2) is 9.97 Å². The summed E-state index contributed by atoms with van der Waals surface area (Å²) in [5.74, 6) is 1.70. The van der Waals surface area contributed by atoms with Gasteiger partial charge >= 0.3 is 0 Å². The summed E-state index contributed by atoms with van der Waals surface area (Å²) in [6.07, 6.45) is 0. The quantitative estimate of drug-likeness (QED) is 0.774. The zero-order valence-electron chi connectivity index (χ0n) is 14.1. The number of amides is 1. The van der Waals surface area contributed by atoms with E-state index >= 15 is 0 Å². The largest absolute Gasteiger partial charge is 0.370 e. The van der Waals surface area contributed by atoms with Crippen LogP contribution in [0.3, 0.4) is 0 Å². The van der Waals surface area contributed by atoms with Gasteiger partial charge in [0.1, 0.15) is 23.0 Å². The van der Waals surface area contributed by atoms with Crippen LogP contribution < -0.4 is 16.4 Å². The van der Waals surface area contributed by atoms with Gasteiger partial charge in [-0.1, -0.05) is 20.8 Å². The normalized spacial score (nSPS) is 12.1. The molecule has 0 bridgehead atoms. The average Bonchev–Trinajstić information content (AvgIpc) is 2.32. The summed E-state index contributed by atoms with van der Waals surface area (Å²) in [5, 5.41) is 6.37. The van der Waals surface area contributed by atoms with Gasteiger partial charge in [-0.05, 0) is 27.7 Å². The van der Waals surface area contributed by atoms with Gasteiger partial charge in [0.15, 0.2) is 0 Å². The maximum atomic E-state index is 11.5. The van der Waals surface area contributed by atoms with Crippen molar-refractivity contribution in [3.63, 3.8) is 0 Å². The average molecular weight is 293 g/mol. The molecular weight excluding hydrogens is 266 g/mol. The second-order valence-electron chi connectivity index (χ2n) is 6.76. The predicted molar refractivity (Wildman–Crippen MR) is 86.5 cm³/mol. The van der Waals surface area contributed by atoms with Crippen LogP contribution >= 0.6 is 0 Å². The number of nitrogens with one attached hydrogen (secondary N) is 2. The fourth-order valence-electron chi connectivity index (χ4n) is 1.67. The first-order chi connectivity index (χ1) is 9.49. The highest BCUT2D eigenvalue weighted by molar-refractivity contribution is 5.87. The number of nitrogens with zero attached hydrogens (tertiary/aromatic N) is 2. The molecule has 0 unspecified atom stereocenters. The molecule has 0 aliphatic rings. The number of anilines is 2. The first-order valence-corrected chi connectivity index (χ1v) is 7.20. The summed E-state index contributed by atoms with van der Waals surface area (Å²) in [4.78, 5) is 20.7. The highest BCUT2D eigenvalue weighted by Crippen LogP contribution is 2.27. The summed E-state index contributed by atoms with van der Waals surface area (Å²) in [5.41, 5.74) is 5.24. The van der Waals surface area contributed by atoms with Gasteiger partial charge < -0.3 is 16.4 Å². The fraction of sp³-hybridized carbons (Fsp3) is 0.667. The Morgan fingerprint density at radius 3 is 2.10 bits per heavy atom. The van der Waals surface area contributed by atoms with E-state index in [1.165, 1.54) is 0 Å². The summed E-state index contributed by atoms with van der Waals surface area (Å²) in [6, 6.07) is 0. The number of hydrogen-bond donors (Lipinski definition) is 3. The van der Waals surface area contributed by atoms with E-state index in [1.807, 2.05) is 13.8 Å². The Hall–Kier alpha value is -1.85. The Morgan fingerprint density at radius 2 is 1.67 bits per heavy atom. The molecule has 1 rings (SSSR count). The van der Waals surface area contributed by atoms with Crippen LogP contribution in [0.1, 0.15) is 52.9 Å². The molecule has 6 nitrogen and oxygen atoms in total. The fourth-order valence-corrected chi connectivity index (χ4v) is 1.67. The first-order valence-electron chi connectivity index (χ1n) is 7.20. The number of carbonyl (C=O) groups is 1. The Labute approximate surface area is 126 Å². The SMILES string of the molecule is CCNc1nc(C(C)(C)C)nc(NC(C)(C)C(N)=O)c1C. The molecule has 21 heavy (non-hydrogen) atoms. The van der Waals surface area contributed by atoms with E-state index < -0.39 is 11.4 Å². The molecule has 0 spiro atoms. The number of primary amides is 1. The van der Waals surface area contributed by atoms with Crippen LogP contribution in [-0.4, -0.2) is 28.0 Å². The van der Waals surface area contributed by atoms with Crippen LogP contribution in [0.2, 0.25) is 0 Å². The van der Waals surface area contributed by atoms with Crippen LogP contribution in [0.15, 0.2) is 0 Å². The molecule has 0 saturated carbocycles. The number of nitrogens with two attached hydrogens (primary N) is 1. The smallest absolute Gasteiger partial charge is 0.242 e. The third-order valence-corrected chi connectivity index (χ3v) is 3.21. The summed E-state index contributed by atoms with van der Waals surface area (Å²) < 4.78 is 0. The van der Waals surface area contributed by atoms with E-state index in [-0.39, 0.29) is 5.41 Å². The molecule has 1 aromatic rings. The molecule has 0 aromatic carbocycles. The minimum atomic E-state index is -0.877. The van der Waals surface area contributed by atoms with Crippen molar-refractivity contribution >= 4 is 17.5 Å². The van der Waals surface area contributed by atoms with E-state index in [4.69, 9.17) is 5.73 Å². The molecule has 1 amide bonds. The maximum Gasteiger partial charge on any atom is 0.242 e. The molecule has 0 atom stereocenters. The Morgan fingerprint density at radius 1 is 1.14 bits per heavy atom. The Bertz CT molecular complexity index is 532. The minimum absolute atomic E-state index is 0.189. The summed E-state index contributed by atoms with van der Waals surface area (Å²) >= 11 is 0. The van der Waals surface area contributed by atoms with E-state index in [0.717, 1.165) is 17.9 Å². The molecular formula is C15H27N5O. The maximum absolute atomic E-state index is 11.5. The van der Waals surface area contributed by atoms with Gasteiger partial charge in [0.05, 0.1) is 0 Å². The van der Waals surface area contributed by atoms with Crippen molar-refractivity contribution in [3.8, 4) is 0 Å². The van der Waals surface area contributed by atoms with Gasteiger partial charge in [0.25, 0.3) is 0 Å². The molecule has 1 heterocycles. The topological polar surface area (TPSA) is 92.9 Å². The molecule has 0 aliphatic carbocycles. The highest BCUT2D eigenvalue weighted by Gasteiger charge is 2.28. The van der Waals surface area contributed by atoms with Crippen molar-refractivity contribution < 1.29 is 4.79 Å². The van der Waals surface area contributed by atoms with Gasteiger partial charge in [-0.2, -0.15) is 0 Å². The number of rotatable bonds is 5. The molecule has 4 N–H and O–H groups in total. The second-order valence-corrected chi connectivity index (χ2v) is 6.76. The molecule has 1 aromatic heterocycles. The van der Waals surface area contributed by atoms with Crippen molar-refractivity contribution in [2.45, 2.75) is 59.4 Å². The lowest BCUT2D eigenvalue weighted by Gasteiger charge is -2.27. The summed E-state index contributed by atoms with van der Waals surface area (Å²) in [6.45, 7) is 14.3. The Balaban J connectivity index is 3.36. The molecule has 6 heteroatoms. The van der Waals surface area contributed by atoms with Crippen LogP contribution in [0.25, 0.3) is 0 Å². The minimum Gasteiger partial charge on any atom is -0.370 e. The van der Waals surface area contributed by atoms with E-state index in [2.05, 4.69) is 41.4 Å². The van der Waals surface area contributed by atoms with Gasteiger partial charge in [0.2, 0.25) is 5.91 Å². The molecule has 0 radical (unpaired) electrons. The van der Waals surface area contributed by atoms with Crippen LogP contribution in [-0.2, 0) is 10.2 Å². The summed E-state index contributed by atoms with van der Waals surface area (Å²) in [7, 11) is 0. The van der Waals surface area contributed by atoms with Crippen molar-refractivity contribution in [3.05, 3.63) is 11.4 Å². The van der Waals surface area contributed by atoms with Crippen LogP contribution in [0.4, 0.5) is 11.6 Å². The predicted octanol–water partition coefficient (Wildman–Crippen LogP) is 2.19. The third-order valence-electron chi connectivity index (χ3n) is 3.21. The van der Waals surface area contributed by atoms with Gasteiger partial charge in [-0.3, -0.25) is 4.79 Å². The zero-order chi connectivity index (χ0) is 16.4. The number of carbonyl (C=O) groups excluding carboxylic acids is 1. The number of aromatic nitrogens is 2. The second kappa shape index (κ2) is 5.87. The molecule has 0 saturated heterocycles. The van der Waals surface area contributed by atoms with Crippen LogP contribution in [0.5, 0.6) is 0 Å².